The number of nitrogens with zero attached hydrogens (tertiary/aromatic N) is 2. The van der Waals surface area contributed by atoms with Gasteiger partial charge < -0.3 is 4.90 Å². The topological polar surface area (TPSA) is 79.4 Å². The van der Waals surface area contributed by atoms with Crippen LogP contribution in [0.4, 0.5) is 5.13 Å². The van der Waals surface area contributed by atoms with Crippen LogP contribution in [0.1, 0.15) is 49.0 Å². The molecule has 1 unspecified atom stereocenters. The minimum Gasteiger partial charge on any atom is -0.318 e. The van der Waals surface area contributed by atoms with Crippen molar-refractivity contribution < 1.29 is 14.4 Å². The standard InChI is InChI=1S/C28H19N3O3S/c32-18-21-10-7-19(8-11-21)6-9-20-12-13-23-17-31(27(34)24(23)16-20)25(22-4-2-1-3-5-22)26(33)30-28-29-14-15-35-28/h1-5,7-8,10-16,18,25H,17H2,(H,29,30,33). The van der Waals surface area contributed by atoms with Crippen molar-refractivity contribution in [3.63, 3.8) is 0 Å². The minimum atomic E-state index is -0.800. The Hall–Kier alpha value is -4.54. The summed E-state index contributed by atoms with van der Waals surface area (Å²) in [4.78, 5) is 43.3. The molecular weight excluding hydrogens is 458 g/mol. The van der Waals surface area contributed by atoms with Crippen LogP contribution in [0.15, 0.2) is 84.4 Å². The highest BCUT2D eigenvalue weighted by atomic mass is 32.1. The first kappa shape index (κ1) is 22.3. The van der Waals surface area contributed by atoms with E-state index in [1.165, 1.54) is 11.3 Å². The summed E-state index contributed by atoms with van der Waals surface area (Å²) in [5.74, 6) is 5.61. The minimum absolute atomic E-state index is 0.220. The summed E-state index contributed by atoms with van der Waals surface area (Å²) in [6.45, 7) is 0.319. The van der Waals surface area contributed by atoms with Gasteiger partial charge in [0.2, 0.25) is 0 Å². The molecule has 0 fully saturated rings. The van der Waals surface area contributed by atoms with Gasteiger partial charge in [-0.15, -0.1) is 11.3 Å². The van der Waals surface area contributed by atoms with Crippen molar-refractivity contribution in [2.24, 2.45) is 0 Å². The highest BCUT2D eigenvalue weighted by molar-refractivity contribution is 7.13. The van der Waals surface area contributed by atoms with Gasteiger partial charge in [0.15, 0.2) is 5.13 Å². The van der Waals surface area contributed by atoms with Crippen LogP contribution in [0.5, 0.6) is 0 Å². The van der Waals surface area contributed by atoms with Gasteiger partial charge >= 0.3 is 0 Å². The van der Waals surface area contributed by atoms with E-state index in [0.29, 0.717) is 28.4 Å². The van der Waals surface area contributed by atoms with Crippen LogP contribution in [0.2, 0.25) is 0 Å². The molecule has 1 aliphatic rings. The molecule has 170 valence electrons. The zero-order valence-corrected chi connectivity index (χ0v) is 19.3. The predicted octanol–water partition coefficient (Wildman–Crippen LogP) is 4.69. The number of thiazole rings is 1. The number of carbonyl (C=O) groups is 3. The van der Waals surface area contributed by atoms with Crippen LogP contribution in [0.25, 0.3) is 0 Å². The van der Waals surface area contributed by atoms with Gasteiger partial charge in [-0.3, -0.25) is 19.7 Å². The SMILES string of the molecule is O=Cc1ccc(C#Cc2ccc3c(c2)C(=O)N(C(C(=O)Nc2nccs2)c2ccccc2)C3)cc1. The van der Waals surface area contributed by atoms with E-state index in [1.807, 2.05) is 42.5 Å². The number of carbonyl (C=O) groups excluding carboxylic acids is 3. The summed E-state index contributed by atoms with van der Waals surface area (Å²) in [5, 5.41) is 5.10. The molecule has 0 saturated carbocycles. The first-order chi connectivity index (χ1) is 17.1. The molecule has 0 bridgehead atoms. The van der Waals surface area contributed by atoms with Gasteiger partial charge in [0.05, 0.1) is 0 Å². The van der Waals surface area contributed by atoms with Crippen molar-refractivity contribution in [1.29, 1.82) is 0 Å². The average Bonchev–Trinajstić information content (AvgIpc) is 3.52. The summed E-state index contributed by atoms with van der Waals surface area (Å²) >= 11 is 1.32. The Kier molecular flexibility index (Phi) is 6.20. The number of fused-ring (bicyclic) bond motifs is 1. The second-order valence-electron chi connectivity index (χ2n) is 7.93. The van der Waals surface area contributed by atoms with Crippen LogP contribution in [0, 0.1) is 11.8 Å². The van der Waals surface area contributed by atoms with Crippen LogP contribution in [-0.2, 0) is 11.3 Å². The molecule has 1 aromatic heterocycles. The maximum Gasteiger partial charge on any atom is 0.255 e. The third-order valence-corrected chi connectivity index (χ3v) is 6.37. The molecule has 2 amide bonds. The molecule has 4 aromatic rings. The molecule has 35 heavy (non-hydrogen) atoms. The Morgan fingerprint density at radius 2 is 1.77 bits per heavy atom. The van der Waals surface area contributed by atoms with E-state index >= 15 is 0 Å². The Morgan fingerprint density at radius 3 is 2.49 bits per heavy atom. The van der Waals surface area contributed by atoms with Crippen LogP contribution in [0.3, 0.4) is 0 Å². The van der Waals surface area contributed by atoms with Gasteiger partial charge in [-0.2, -0.15) is 0 Å². The number of aldehydes is 1. The first-order valence-electron chi connectivity index (χ1n) is 10.9. The Morgan fingerprint density at radius 1 is 1.03 bits per heavy atom. The molecule has 2 heterocycles. The van der Waals surface area contributed by atoms with E-state index < -0.39 is 6.04 Å². The molecule has 5 rings (SSSR count). The molecule has 1 aliphatic heterocycles. The third kappa shape index (κ3) is 4.74. The fourth-order valence-electron chi connectivity index (χ4n) is 3.97. The molecule has 1 atom stereocenters. The quantitative estimate of drug-likeness (QED) is 0.334. The van der Waals surface area contributed by atoms with Crippen molar-refractivity contribution in [3.05, 3.63) is 118 Å². The van der Waals surface area contributed by atoms with Crippen molar-refractivity contribution in [2.75, 3.05) is 5.32 Å². The fourth-order valence-corrected chi connectivity index (χ4v) is 4.50. The number of hydrogen-bond donors (Lipinski definition) is 1. The lowest BCUT2D eigenvalue weighted by molar-refractivity contribution is -0.120. The second-order valence-corrected chi connectivity index (χ2v) is 8.83. The average molecular weight is 478 g/mol. The van der Waals surface area contributed by atoms with Gasteiger partial charge in [-0.1, -0.05) is 60.4 Å². The van der Waals surface area contributed by atoms with E-state index in [-0.39, 0.29) is 11.8 Å². The fraction of sp³-hybridized carbons (Fsp3) is 0.0714. The highest BCUT2D eigenvalue weighted by Gasteiger charge is 2.37. The summed E-state index contributed by atoms with van der Waals surface area (Å²) in [5.41, 5.74) is 4.16. The van der Waals surface area contributed by atoms with Crippen molar-refractivity contribution in [3.8, 4) is 11.8 Å². The van der Waals surface area contributed by atoms with Crippen molar-refractivity contribution in [1.82, 2.24) is 9.88 Å². The molecule has 0 aliphatic carbocycles. The molecule has 6 nitrogen and oxygen atoms in total. The van der Waals surface area contributed by atoms with Crippen molar-refractivity contribution >= 4 is 34.6 Å². The van der Waals surface area contributed by atoms with E-state index in [1.54, 1.807) is 46.8 Å². The zero-order valence-electron chi connectivity index (χ0n) is 18.5. The lowest BCUT2D eigenvalue weighted by Gasteiger charge is -2.27. The van der Waals surface area contributed by atoms with Gasteiger partial charge in [0.25, 0.3) is 11.8 Å². The van der Waals surface area contributed by atoms with Gasteiger partial charge in [0.1, 0.15) is 12.3 Å². The number of nitrogens with one attached hydrogen (secondary N) is 1. The Bertz CT molecular complexity index is 1450. The summed E-state index contributed by atoms with van der Waals surface area (Å²) in [6.07, 6.45) is 2.41. The van der Waals surface area contributed by atoms with E-state index in [4.69, 9.17) is 0 Å². The molecule has 3 aromatic carbocycles. The number of benzene rings is 3. The molecular formula is C28H19N3O3S. The second kappa shape index (κ2) is 9.75. The molecule has 1 N–H and O–H groups in total. The maximum atomic E-state index is 13.5. The highest BCUT2D eigenvalue weighted by Crippen LogP contribution is 2.33. The van der Waals surface area contributed by atoms with Crippen LogP contribution >= 0.6 is 11.3 Å². The smallest absolute Gasteiger partial charge is 0.255 e. The summed E-state index contributed by atoms with van der Waals surface area (Å²) in [7, 11) is 0. The number of hydrogen-bond acceptors (Lipinski definition) is 5. The van der Waals surface area contributed by atoms with Crippen LogP contribution < -0.4 is 5.32 Å². The molecule has 7 heteroatoms. The van der Waals surface area contributed by atoms with E-state index in [9.17, 15) is 14.4 Å². The summed E-state index contributed by atoms with van der Waals surface area (Å²) in [6, 6.07) is 21.0. The van der Waals surface area contributed by atoms with Crippen LogP contribution in [-0.4, -0.2) is 28.0 Å². The van der Waals surface area contributed by atoms with E-state index in [2.05, 4.69) is 22.1 Å². The van der Waals surface area contributed by atoms with E-state index in [0.717, 1.165) is 23.0 Å². The maximum absolute atomic E-state index is 13.5. The number of anilines is 1. The number of aromatic nitrogens is 1. The largest absolute Gasteiger partial charge is 0.318 e. The van der Waals surface area contributed by atoms with Gasteiger partial charge in [-0.25, -0.2) is 4.98 Å². The number of rotatable bonds is 5. The molecule has 0 radical (unpaired) electrons. The van der Waals surface area contributed by atoms with Crippen molar-refractivity contribution in [2.45, 2.75) is 12.6 Å². The zero-order chi connectivity index (χ0) is 24.2. The lowest BCUT2D eigenvalue weighted by atomic mass is 10.0. The monoisotopic (exact) mass is 477 g/mol. The molecule has 0 spiro atoms. The Labute approximate surface area is 206 Å². The van der Waals surface area contributed by atoms with Gasteiger partial charge in [-0.05, 0) is 35.4 Å². The number of amides is 2. The normalized spacial score (nSPS) is 12.9. The Balaban J connectivity index is 1.42. The first-order valence-corrected chi connectivity index (χ1v) is 11.8. The predicted molar refractivity (Wildman–Crippen MR) is 134 cm³/mol. The third-order valence-electron chi connectivity index (χ3n) is 5.68. The lowest BCUT2D eigenvalue weighted by Crippen LogP contribution is -2.37. The van der Waals surface area contributed by atoms with Gasteiger partial charge in [0, 0.05) is 40.4 Å². The summed E-state index contributed by atoms with van der Waals surface area (Å²) < 4.78 is 0. The molecule has 0 saturated heterocycles.